The molecule has 0 aromatic rings. The molecule has 25 heavy (non-hydrogen) atoms. The SMILES string of the molecule is C=C1C[C@]23C[C@@]1(O)CC[C@H]2[C@@]12C=C[C@H](O)[C@@](C)(C(=O)O1)[C@H]2[C@@H]3C(=O)[O-]. The van der Waals surface area contributed by atoms with Gasteiger partial charge in [0, 0.05) is 23.7 Å². The van der Waals surface area contributed by atoms with E-state index < -0.39 is 51.9 Å². The van der Waals surface area contributed by atoms with Crippen LogP contribution in [0.2, 0.25) is 0 Å². The van der Waals surface area contributed by atoms with Crippen LogP contribution in [0.3, 0.4) is 0 Å². The molecule has 1 saturated heterocycles. The Hall–Kier alpha value is -1.66. The molecule has 0 unspecified atom stereocenters. The fraction of sp³-hybridized carbons (Fsp3) is 0.684. The van der Waals surface area contributed by atoms with Gasteiger partial charge in [-0.1, -0.05) is 12.7 Å². The monoisotopic (exact) mass is 345 g/mol. The van der Waals surface area contributed by atoms with Gasteiger partial charge in [-0.2, -0.15) is 0 Å². The summed E-state index contributed by atoms with van der Waals surface area (Å²) in [6, 6.07) is 0. The van der Waals surface area contributed by atoms with Crippen molar-refractivity contribution >= 4 is 11.9 Å². The number of aliphatic hydroxyl groups is 2. The number of esters is 1. The minimum Gasteiger partial charge on any atom is -0.550 e. The molecule has 8 atom stereocenters. The first-order valence-corrected chi connectivity index (χ1v) is 8.84. The second kappa shape index (κ2) is 4.01. The van der Waals surface area contributed by atoms with Gasteiger partial charge in [0.2, 0.25) is 0 Å². The van der Waals surface area contributed by atoms with Crippen LogP contribution in [0.25, 0.3) is 0 Å². The summed E-state index contributed by atoms with van der Waals surface area (Å²) in [5.74, 6) is -3.67. The lowest BCUT2D eigenvalue weighted by molar-refractivity contribution is -0.318. The maximum Gasteiger partial charge on any atom is 0.316 e. The van der Waals surface area contributed by atoms with Crippen molar-refractivity contribution in [2.45, 2.75) is 49.9 Å². The summed E-state index contributed by atoms with van der Waals surface area (Å²) in [4.78, 5) is 24.9. The largest absolute Gasteiger partial charge is 0.550 e. The van der Waals surface area contributed by atoms with Crippen molar-refractivity contribution < 1.29 is 29.6 Å². The third kappa shape index (κ3) is 1.36. The Morgan fingerprint density at radius 2 is 2.20 bits per heavy atom. The predicted octanol–water partition coefficient (Wildman–Crippen LogP) is -0.308. The fourth-order valence-corrected chi connectivity index (χ4v) is 7.11. The van der Waals surface area contributed by atoms with Crippen LogP contribution in [0.4, 0.5) is 0 Å². The Kier molecular flexibility index (Phi) is 2.50. The molecule has 1 heterocycles. The Morgan fingerprint density at radius 1 is 1.48 bits per heavy atom. The van der Waals surface area contributed by atoms with Crippen molar-refractivity contribution in [1.82, 2.24) is 0 Å². The zero-order valence-corrected chi connectivity index (χ0v) is 14.0. The van der Waals surface area contributed by atoms with Crippen molar-refractivity contribution in [1.29, 1.82) is 0 Å². The maximum atomic E-state index is 12.7. The molecule has 1 aliphatic heterocycles. The minimum atomic E-state index is -1.31. The summed E-state index contributed by atoms with van der Waals surface area (Å²) in [6.45, 7) is 5.60. The molecule has 5 aliphatic rings. The number of hydrogen-bond acceptors (Lipinski definition) is 6. The molecule has 2 N–H and O–H groups in total. The number of aliphatic carboxylic acids is 1. The highest BCUT2D eigenvalue weighted by atomic mass is 16.6. The number of carboxylic acids is 1. The normalized spacial score (nSPS) is 58.0. The molecular formula is C19H21O6-. The highest BCUT2D eigenvalue weighted by molar-refractivity contribution is 5.86. The first-order valence-electron chi connectivity index (χ1n) is 8.84. The fourth-order valence-electron chi connectivity index (χ4n) is 7.11. The number of hydrogen-bond donors (Lipinski definition) is 2. The number of carbonyl (C=O) groups is 2. The molecule has 1 spiro atoms. The van der Waals surface area contributed by atoms with Gasteiger partial charge in [-0.05, 0) is 49.7 Å². The first kappa shape index (κ1) is 15.6. The Bertz CT molecular complexity index is 772. The van der Waals surface area contributed by atoms with Crippen molar-refractivity contribution in [2.24, 2.45) is 28.6 Å². The van der Waals surface area contributed by atoms with Crippen LogP contribution in [-0.2, 0) is 14.3 Å². The van der Waals surface area contributed by atoms with Gasteiger partial charge in [-0.25, -0.2) is 0 Å². The van der Waals surface area contributed by atoms with Crippen molar-refractivity contribution in [2.75, 3.05) is 0 Å². The average Bonchev–Trinajstić information content (AvgIpc) is 2.95. The number of carboxylic acid groups (broad SMARTS) is 1. The van der Waals surface area contributed by atoms with Crippen molar-refractivity contribution in [3.8, 4) is 0 Å². The first-order chi connectivity index (χ1) is 11.6. The van der Waals surface area contributed by atoms with E-state index in [1.54, 1.807) is 19.1 Å². The highest BCUT2D eigenvalue weighted by Gasteiger charge is 2.82. The number of rotatable bonds is 1. The molecule has 134 valence electrons. The van der Waals surface area contributed by atoms with Gasteiger partial charge in [-0.3, -0.25) is 4.79 Å². The van der Waals surface area contributed by atoms with Gasteiger partial charge in [0.25, 0.3) is 0 Å². The standard InChI is InChI=1S/C19H22O6/c1-9-7-17-8-18(9,24)5-3-10(17)19-6-4-11(20)16(2,15(23)25-19)13(19)12(17)14(21)22/h4,6,10-13,20,24H,1,3,5,7-8H2,2H3,(H,21,22)/p-1/t10-,11+,12-,13-,16-,17+,18+,19-/m1/s1. The molecule has 0 radical (unpaired) electrons. The summed E-state index contributed by atoms with van der Waals surface area (Å²) in [7, 11) is 0. The Labute approximate surface area is 145 Å². The molecule has 0 aromatic carbocycles. The molecule has 0 aromatic heterocycles. The number of aliphatic hydroxyl groups excluding tert-OH is 1. The van der Waals surface area contributed by atoms with Crippen LogP contribution in [0, 0.1) is 28.6 Å². The van der Waals surface area contributed by atoms with E-state index in [0.29, 0.717) is 31.3 Å². The van der Waals surface area contributed by atoms with E-state index in [4.69, 9.17) is 4.74 Å². The molecule has 4 bridgehead atoms. The molecule has 3 saturated carbocycles. The van der Waals surface area contributed by atoms with Gasteiger partial charge in [0.05, 0.1) is 11.7 Å². The van der Waals surface area contributed by atoms with Crippen LogP contribution >= 0.6 is 0 Å². The van der Waals surface area contributed by atoms with E-state index in [9.17, 15) is 24.9 Å². The second-order valence-electron chi connectivity index (χ2n) is 8.92. The van der Waals surface area contributed by atoms with Crippen LogP contribution in [0.1, 0.15) is 32.6 Å². The van der Waals surface area contributed by atoms with E-state index in [1.165, 1.54) is 0 Å². The topological polar surface area (TPSA) is 107 Å². The van der Waals surface area contributed by atoms with Crippen molar-refractivity contribution in [3.05, 3.63) is 24.3 Å². The summed E-state index contributed by atoms with van der Waals surface area (Å²) < 4.78 is 5.85. The maximum absolute atomic E-state index is 12.7. The van der Waals surface area contributed by atoms with Gasteiger partial charge < -0.3 is 24.9 Å². The van der Waals surface area contributed by atoms with Crippen molar-refractivity contribution in [3.63, 3.8) is 0 Å². The van der Waals surface area contributed by atoms with E-state index in [1.807, 2.05) is 0 Å². The summed E-state index contributed by atoms with van der Waals surface area (Å²) >= 11 is 0. The smallest absolute Gasteiger partial charge is 0.316 e. The summed E-state index contributed by atoms with van der Waals surface area (Å²) in [5, 5.41) is 33.7. The molecule has 4 fully saturated rings. The number of carbonyl (C=O) groups excluding carboxylic acids is 2. The van der Waals surface area contributed by atoms with E-state index in [2.05, 4.69) is 6.58 Å². The van der Waals surface area contributed by atoms with E-state index in [0.717, 1.165) is 0 Å². The summed E-state index contributed by atoms with van der Waals surface area (Å²) in [5.41, 5.74) is -3.49. The lowest BCUT2D eigenvalue weighted by Gasteiger charge is -2.45. The van der Waals surface area contributed by atoms with Gasteiger partial charge in [0.15, 0.2) is 0 Å². The van der Waals surface area contributed by atoms with E-state index >= 15 is 0 Å². The molecule has 5 rings (SSSR count). The lowest BCUT2D eigenvalue weighted by atomic mass is 9.61. The minimum absolute atomic E-state index is 0.220. The zero-order chi connectivity index (χ0) is 18.0. The number of fused-ring (bicyclic) bond motifs is 1. The molecular weight excluding hydrogens is 324 g/mol. The third-order valence-electron chi connectivity index (χ3n) is 8.11. The second-order valence-corrected chi connectivity index (χ2v) is 8.92. The van der Waals surface area contributed by atoms with Crippen LogP contribution in [0.5, 0.6) is 0 Å². The lowest BCUT2D eigenvalue weighted by Crippen LogP contribution is -2.53. The highest BCUT2D eigenvalue weighted by Crippen LogP contribution is 2.77. The van der Waals surface area contributed by atoms with Gasteiger partial charge >= 0.3 is 5.97 Å². The Balaban J connectivity index is 1.78. The van der Waals surface area contributed by atoms with Gasteiger partial charge in [0.1, 0.15) is 11.0 Å². The molecule has 6 nitrogen and oxygen atoms in total. The summed E-state index contributed by atoms with van der Waals surface area (Å²) in [6.07, 6.45) is 3.91. The zero-order valence-electron chi connectivity index (χ0n) is 14.0. The van der Waals surface area contributed by atoms with Gasteiger partial charge in [-0.15, -0.1) is 0 Å². The molecule has 4 aliphatic carbocycles. The third-order valence-corrected chi connectivity index (χ3v) is 8.11. The van der Waals surface area contributed by atoms with Crippen LogP contribution < -0.4 is 5.11 Å². The molecule has 0 amide bonds. The Morgan fingerprint density at radius 3 is 2.88 bits per heavy atom. The van der Waals surface area contributed by atoms with Crippen LogP contribution in [-0.4, -0.2) is 39.5 Å². The quantitative estimate of drug-likeness (QED) is 0.499. The van der Waals surface area contributed by atoms with Crippen LogP contribution in [0.15, 0.2) is 24.3 Å². The average molecular weight is 345 g/mol. The predicted molar refractivity (Wildman–Crippen MR) is 82.5 cm³/mol. The molecule has 6 heteroatoms. The van der Waals surface area contributed by atoms with E-state index in [-0.39, 0.29) is 5.92 Å². The number of ether oxygens (including phenoxy) is 1.